The molecule has 1 aromatic rings. The monoisotopic (exact) mass is 320 g/mol. The molecule has 0 aliphatic heterocycles. The first-order chi connectivity index (χ1) is 10.6. The molecule has 1 aliphatic rings. The van der Waals surface area contributed by atoms with Gasteiger partial charge in [-0.3, -0.25) is 0 Å². The zero-order chi connectivity index (χ0) is 15.8. The van der Waals surface area contributed by atoms with Gasteiger partial charge in [-0.2, -0.15) is 0 Å². The second-order valence-electron chi connectivity index (χ2n) is 6.33. The zero-order valence-corrected chi connectivity index (χ0v) is 14.5. The van der Waals surface area contributed by atoms with Crippen LogP contribution in [0.3, 0.4) is 0 Å². The van der Waals surface area contributed by atoms with Crippen molar-refractivity contribution in [2.24, 2.45) is 0 Å². The first-order valence-electron chi connectivity index (χ1n) is 8.48. The number of hydrogen-bond acceptors (Lipinski definition) is 2. The average Bonchev–Trinajstić information content (AvgIpc) is 2.43. The lowest BCUT2D eigenvalue weighted by molar-refractivity contribution is 0.242. The van der Waals surface area contributed by atoms with Gasteiger partial charge in [0.2, 0.25) is 0 Å². The zero-order valence-electron chi connectivity index (χ0n) is 13.7. The number of hydrogen-bond donors (Lipinski definition) is 2. The van der Waals surface area contributed by atoms with E-state index in [0.29, 0.717) is 6.04 Å². The molecular formula is C18H28N2OS. The molecule has 0 unspecified atom stereocenters. The predicted molar refractivity (Wildman–Crippen MR) is 97.7 cm³/mol. The Labute approximate surface area is 139 Å². The minimum atomic E-state index is 0.195. The Hall–Kier alpha value is -1.29. The van der Waals surface area contributed by atoms with Crippen molar-refractivity contribution in [1.82, 2.24) is 5.32 Å². The molecule has 2 N–H and O–H groups in total. The van der Waals surface area contributed by atoms with Crippen LogP contribution < -0.4 is 15.4 Å². The van der Waals surface area contributed by atoms with Crippen LogP contribution in [0.15, 0.2) is 24.3 Å². The molecule has 0 amide bonds. The van der Waals surface area contributed by atoms with E-state index in [1.807, 2.05) is 38.1 Å². The van der Waals surface area contributed by atoms with Crippen LogP contribution in [0, 0.1) is 0 Å². The summed E-state index contributed by atoms with van der Waals surface area (Å²) in [5.74, 6) is 0.888. The summed E-state index contributed by atoms with van der Waals surface area (Å²) in [5.41, 5.74) is 0.999. The van der Waals surface area contributed by atoms with Gasteiger partial charge in [0.05, 0.1) is 6.10 Å². The highest BCUT2D eigenvalue weighted by atomic mass is 32.1. The molecule has 1 aromatic carbocycles. The Balaban J connectivity index is 1.80. The van der Waals surface area contributed by atoms with Crippen LogP contribution in [-0.4, -0.2) is 17.3 Å². The molecule has 1 fully saturated rings. The van der Waals surface area contributed by atoms with Gasteiger partial charge in [0.25, 0.3) is 0 Å². The number of anilines is 1. The molecule has 0 spiro atoms. The Kier molecular flexibility index (Phi) is 6.97. The summed E-state index contributed by atoms with van der Waals surface area (Å²) in [6.07, 6.45) is 9.36. The van der Waals surface area contributed by atoms with Gasteiger partial charge in [-0.15, -0.1) is 0 Å². The number of rotatable bonds is 4. The molecule has 4 heteroatoms. The summed E-state index contributed by atoms with van der Waals surface area (Å²) in [6, 6.07) is 8.47. The van der Waals surface area contributed by atoms with Crippen LogP contribution in [0.25, 0.3) is 0 Å². The number of thiocarbonyl (C=S) groups is 1. The fourth-order valence-electron chi connectivity index (χ4n) is 2.84. The molecule has 0 aromatic heterocycles. The van der Waals surface area contributed by atoms with Crippen LogP contribution in [0.4, 0.5) is 5.69 Å². The molecule has 1 aliphatic carbocycles. The van der Waals surface area contributed by atoms with Gasteiger partial charge < -0.3 is 15.4 Å². The normalized spacial score (nSPS) is 16.7. The topological polar surface area (TPSA) is 33.3 Å². The number of ether oxygens (including phenoxy) is 1. The molecule has 1 saturated carbocycles. The summed E-state index contributed by atoms with van der Waals surface area (Å²) in [4.78, 5) is 0. The minimum Gasteiger partial charge on any atom is -0.491 e. The third-order valence-electron chi connectivity index (χ3n) is 3.92. The van der Waals surface area contributed by atoms with Gasteiger partial charge in [0.15, 0.2) is 5.11 Å². The van der Waals surface area contributed by atoms with Crippen molar-refractivity contribution in [2.75, 3.05) is 5.32 Å². The van der Waals surface area contributed by atoms with E-state index in [9.17, 15) is 0 Å². The maximum Gasteiger partial charge on any atom is 0.170 e. The lowest BCUT2D eigenvalue weighted by Gasteiger charge is -2.23. The molecule has 2 rings (SSSR count). The van der Waals surface area contributed by atoms with E-state index in [2.05, 4.69) is 10.6 Å². The number of nitrogens with one attached hydrogen (secondary N) is 2. The summed E-state index contributed by atoms with van der Waals surface area (Å²) >= 11 is 5.44. The van der Waals surface area contributed by atoms with Gasteiger partial charge in [0, 0.05) is 11.7 Å². The quantitative estimate of drug-likeness (QED) is 0.775. The standard InChI is InChI=1S/C18H28N2OS/c1-14(2)21-17-12-10-16(11-13-17)20-18(22)19-15-8-6-4-3-5-7-9-15/h10-15H,3-9H2,1-2H3,(H2,19,20,22). The molecule has 3 nitrogen and oxygen atoms in total. The van der Waals surface area contributed by atoms with Gasteiger partial charge in [-0.1, -0.05) is 32.1 Å². The van der Waals surface area contributed by atoms with Gasteiger partial charge in [0.1, 0.15) is 5.75 Å². The van der Waals surface area contributed by atoms with Gasteiger partial charge >= 0.3 is 0 Å². The van der Waals surface area contributed by atoms with Crippen LogP contribution in [0.1, 0.15) is 58.8 Å². The van der Waals surface area contributed by atoms with E-state index in [1.165, 1.54) is 44.9 Å². The van der Waals surface area contributed by atoms with Crippen LogP contribution in [0.5, 0.6) is 5.75 Å². The summed E-state index contributed by atoms with van der Waals surface area (Å²) in [7, 11) is 0. The maximum absolute atomic E-state index is 5.65. The molecule has 0 heterocycles. The third-order valence-corrected chi connectivity index (χ3v) is 4.14. The van der Waals surface area contributed by atoms with Crippen LogP contribution in [-0.2, 0) is 0 Å². The number of benzene rings is 1. The van der Waals surface area contributed by atoms with Crippen molar-refractivity contribution < 1.29 is 4.74 Å². The van der Waals surface area contributed by atoms with Crippen molar-refractivity contribution in [2.45, 2.75) is 70.9 Å². The largest absolute Gasteiger partial charge is 0.491 e. The summed E-state index contributed by atoms with van der Waals surface area (Å²) in [5, 5.41) is 7.47. The molecule has 122 valence electrons. The summed E-state index contributed by atoms with van der Waals surface area (Å²) in [6.45, 7) is 4.06. The Bertz CT molecular complexity index is 451. The van der Waals surface area contributed by atoms with E-state index in [-0.39, 0.29) is 6.10 Å². The molecule has 0 atom stereocenters. The Morgan fingerprint density at radius 1 is 1.05 bits per heavy atom. The van der Waals surface area contributed by atoms with E-state index >= 15 is 0 Å². The van der Waals surface area contributed by atoms with Crippen LogP contribution in [0.2, 0.25) is 0 Å². The molecule has 0 saturated heterocycles. The van der Waals surface area contributed by atoms with Gasteiger partial charge in [-0.05, 0) is 63.2 Å². The molecule has 0 bridgehead atoms. The second-order valence-corrected chi connectivity index (χ2v) is 6.74. The van der Waals surface area contributed by atoms with Crippen LogP contribution >= 0.6 is 12.2 Å². The highest BCUT2D eigenvalue weighted by Gasteiger charge is 2.12. The molecule has 0 radical (unpaired) electrons. The Morgan fingerprint density at radius 3 is 2.23 bits per heavy atom. The van der Waals surface area contributed by atoms with Gasteiger partial charge in [-0.25, -0.2) is 0 Å². The van der Waals surface area contributed by atoms with E-state index in [1.54, 1.807) is 0 Å². The lowest BCUT2D eigenvalue weighted by Crippen LogP contribution is -2.38. The van der Waals surface area contributed by atoms with Crippen molar-refractivity contribution in [1.29, 1.82) is 0 Å². The van der Waals surface area contributed by atoms with E-state index in [0.717, 1.165) is 16.5 Å². The maximum atomic E-state index is 5.65. The highest BCUT2D eigenvalue weighted by molar-refractivity contribution is 7.80. The van der Waals surface area contributed by atoms with E-state index < -0.39 is 0 Å². The first kappa shape index (κ1) is 17.1. The Morgan fingerprint density at radius 2 is 1.64 bits per heavy atom. The lowest BCUT2D eigenvalue weighted by atomic mass is 9.97. The fraction of sp³-hybridized carbons (Fsp3) is 0.611. The fourth-order valence-corrected chi connectivity index (χ4v) is 3.13. The van der Waals surface area contributed by atoms with Crippen molar-refractivity contribution in [3.05, 3.63) is 24.3 Å². The van der Waals surface area contributed by atoms with Crippen molar-refractivity contribution >= 4 is 23.0 Å². The molecule has 22 heavy (non-hydrogen) atoms. The third kappa shape index (κ3) is 6.22. The smallest absolute Gasteiger partial charge is 0.170 e. The molecular weight excluding hydrogens is 292 g/mol. The van der Waals surface area contributed by atoms with Crippen molar-refractivity contribution in [3.63, 3.8) is 0 Å². The van der Waals surface area contributed by atoms with E-state index in [4.69, 9.17) is 17.0 Å². The minimum absolute atomic E-state index is 0.195. The summed E-state index contributed by atoms with van der Waals surface area (Å²) < 4.78 is 5.65. The average molecular weight is 321 g/mol. The highest BCUT2D eigenvalue weighted by Crippen LogP contribution is 2.19. The SMILES string of the molecule is CC(C)Oc1ccc(NC(=S)NC2CCCCCCC2)cc1. The predicted octanol–water partition coefficient (Wildman–Crippen LogP) is 4.87. The van der Waals surface area contributed by atoms with Crippen molar-refractivity contribution in [3.8, 4) is 5.75 Å². The second kappa shape index (κ2) is 8.99. The first-order valence-corrected chi connectivity index (χ1v) is 8.88.